The second-order valence-electron chi connectivity index (χ2n) is 8.38. The summed E-state index contributed by atoms with van der Waals surface area (Å²) >= 11 is 0. The number of hydrogen-bond acceptors (Lipinski definition) is 4. The number of fused-ring (bicyclic) bond motifs is 1. The van der Waals surface area contributed by atoms with Crippen LogP contribution in [0.4, 0.5) is 0 Å². The molecular formula is C19H29BClN3O2. The molecule has 0 aliphatic carbocycles. The number of rotatable bonds is 2. The summed E-state index contributed by atoms with van der Waals surface area (Å²) in [6.45, 7) is 12.6. The van der Waals surface area contributed by atoms with Crippen molar-refractivity contribution in [3.8, 4) is 0 Å². The molecule has 2 aliphatic rings. The van der Waals surface area contributed by atoms with Crippen LogP contribution < -0.4 is 10.8 Å². The molecule has 26 heavy (non-hydrogen) atoms. The topological polar surface area (TPSA) is 48.3 Å². The maximum absolute atomic E-state index is 6.20. The molecule has 5 nitrogen and oxygen atoms in total. The molecule has 0 atom stereocenters. The summed E-state index contributed by atoms with van der Waals surface area (Å²) in [7, 11) is -0.323. The Morgan fingerprint density at radius 1 is 1.12 bits per heavy atom. The molecule has 0 amide bonds. The van der Waals surface area contributed by atoms with Gasteiger partial charge in [0.15, 0.2) is 0 Å². The molecule has 0 radical (unpaired) electrons. The van der Waals surface area contributed by atoms with Crippen LogP contribution in [-0.4, -0.2) is 41.2 Å². The van der Waals surface area contributed by atoms with Crippen LogP contribution in [-0.2, 0) is 9.31 Å². The first kappa shape index (κ1) is 19.7. The Morgan fingerprint density at radius 3 is 2.35 bits per heavy atom. The Balaban J connectivity index is 0.00000196. The zero-order valence-corrected chi connectivity index (χ0v) is 17.2. The molecule has 0 bridgehead atoms. The summed E-state index contributed by atoms with van der Waals surface area (Å²) < 4.78 is 14.6. The number of aromatic nitrogens is 2. The van der Waals surface area contributed by atoms with Crippen molar-refractivity contribution in [1.82, 2.24) is 15.1 Å². The molecule has 1 N–H and O–H groups in total. The first-order valence-corrected chi connectivity index (χ1v) is 9.34. The van der Waals surface area contributed by atoms with E-state index >= 15 is 0 Å². The van der Waals surface area contributed by atoms with E-state index in [1.807, 2.05) is 0 Å². The van der Waals surface area contributed by atoms with Gasteiger partial charge in [-0.1, -0.05) is 12.1 Å². The lowest BCUT2D eigenvalue weighted by Crippen LogP contribution is -2.41. The molecule has 2 aromatic rings. The lowest BCUT2D eigenvalue weighted by atomic mass is 9.78. The largest absolute Gasteiger partial charge is 0.494 e. The minimum Gasteiger partial charge on any atom is -0.399 e. The number of nitrogens with zero attached hydrogens (tertiary/aromatic N) is 2. The SMILES string of the molecule is Cc1nn(C2CCNCC2)c2ccc(B3OC(C)(C)C(C)(C)O3)cc12.Cl. The average Bonchev–Trinajstić information content (AvgIpc) is 3.01. The highest BCUT2D eigenvalue weighted by Crippen LogP contribution is 2.36. The van der Waals surface area contributed by atoms with Gasteiger partial charge < -0.3 is 14.6 Å². The van der Waals surface area contributed by atoms with Crippen molar-refractivity contribution >= 4 is 35.9 Å². The van der Waals surface area contributed by atoms with Crippen LogP contribution in [0.2, 0.25) is 0 Å². The van der Waals surface area contributed by atoms with E-state index in [0.29, 0.717) is 6.04 Å². The molecule has 2 aliphatic heterocycles. The van der Waals surface area contributed by atoms with Gasteiger partial charge in [-0.15, -0.1) is 12.4 Å². The Labute approximate surface area is 162 Å². The summed E-state index contributed by atoms with van der Waals surface area (Å²) in [4.78, 5) is 0. The van der Waals surface area contributed by atoms with Crippen LogP contribution in [0.25, 0.3) is 10.9 Å². The van der Waals surface area contributed by atoms with E-state index < -0.39 is 0 Å². The first-order valence-electron chi connectivity index (χ1n) is 9.34. The van der Waals surface area contributed by atoms with Crippen molar-refractivity contribution in [2.45, 2.75) is 64.7 Å². The minimum atomic E-state index is -0.323. The number of aryl methyl sites for hydroxylation is 1. The van der Waals surface area contributed by atoms with E-state index in [4.69, 9.17) is 14.4 Å². The zero-order chi connectivity index (χ0) is 17.8. The highest BCUT2D eigenvalue weighted by atomic mass is 35.5. The minimum absolute atomic E-state index is 0. The van der Waals surface area contributed by atoms with Gasteiger partial charge in [0.1, 0.15) is 0 Å². The maximum atomic E-state index is 6.20. The van der Waals surface area contributed by atoms with Crippen molar-refractivity contribution < 1.29 is 9.31 Å². The van der Waals surface area contributed by atoms with Gasteiger partial charge in [0.25, 0.3) is 0 Å². The van der Waals surface area contributed by atoms with Gasteiger partial charge >= 0.3 is 7.12 Å². The van der Waals surface area contributed by atoms with Crippen molar-refractivity contribution in [2.75, 3.05) is 13.1 Å². The Morgan fingerprint density at radius 2 is 1.73 bits per heavy atom. The number of hydrogen-bond donors (Lipinski definition) is 1. The summed E-state index contributed by atoms with van der Waals surface area (Å²) in [6, 6.07) is 6.98. The Bertz CT molecular complexity index is 783. The quantitative estimate of drug-likeness (QED) is 0.817. The summed E-state index contributed by atoms with van der Waals surface area (Å²) in [5.74, 6) is 0. The van der Waals surface area contributed by atoms with Crippen LogP contribution in [0.3, 0.4) is 0 Å². The summed E-state index contributed by atoms with van der Waals surface area (Å²) in [5, 5.41) is 9.47. The maximum Gasteiger partial charge on any atom is 0.494 e. The Kier molecular flexibility index (Phi) is 5.17. The number of halogens is 1. The van der Waals surface area contributed by atoms with Crippen molar-refractivity contribution in [3.05, 3.63) is 23.9 Å². The molecule has 0 spiro atoms. The highest BCUT2D eigenvalue weighted by molar-refractivity contribution is 6.62. The number of benzene rings is 1. The van der Waals surface area contributed by atoms with Crippen LogP contribution in [0.5, 0.6) is 0 Å². The standard InChI is InChI=1S/C19H28BN3O2.ClH/c1-13-16-12-14(20-24-18(2,3)19(4,5)25-20)6-7-17(16)23(22-13)15-8-10-21-11-9-15;/h6-7,12,15,21H,8-11H2,1-5H3;1H. The molecule has 7 heteroatoms. The predicted octanol–water partition coefficient (Wildman–Crippen LogP) is 2.99. The number of nitrogens with one attached hydrogen (secondary N) is 1. The fourth-order valence-corrected chi connectivity index (χ4v) is 3.77. The van der Waals surface area contributed by atoms with Crippen LogP contribution >= 0.6 is 12.4 Å². The zero-order valence-electron chi connectivity index (χ0n) is 16.3. The average molecular weight is 378 g/mol. The van der Waals surface area contributed by atoms with Gasteiger partial charge in [-0.3, -0.25) is 4.68 Å². The second-order valence-corrected chi connectivity index (χ2v) is 8.38. The lowest BCUT2D eigenvalue weighted by Gasteiger charge is -2.32. The third-order valence-corrected chi connectivity index (χ3v) is 6.09. The highest BCUT2D eigenvalue weighted by Gasteiger charge is 2.51. The second kappa shape index (κ2) is 6.82. The predicted molar refractivity (Wildman–Crippen MR) is 109 cm³/mol. The normalized spacial score (nSPS) is 22.6. The van der Waals surface area contributed by atoms with Crippen LogP contribution in [0.15, 0.2) is 18.2 Å². The molecule has 2 fully saturated rings. The van der Waals surface area contributed by atoms with E-state index in [0.717, 1.165) is 37.1 Å². The number of piperidine rings is 1. The molecule has 142 valence electrons. The van der Waals surface area contributed by atoms with Gasteiger partial charge in [0, 0.05) is 5.39 Å². The van der Waals surface area contributed by atoms with E-state index in [-0.39, 0.29) is 30.7 Å². The van der Waals surface area contributed by atoms with Crippen LogP contribution in [0, 0.1) is 6.92 Å². The molecule has 4 rings (SSSR count). The first-order chi connectivity index (χ1) is 11.8. The van der Waals surface area contributed by atoms with E-state index in [1.54, 1.807) is 0 Å². The van der Waals surface area contributed by atoms with Gasteiger partial charge in [-0.2, -0.15) is 5.10 Å². The lowest BCUT2D eigenvalue weighted by molar-refractivity contribution is 0.00578. The van der Waals surface area contributed by atoms with Gasteiger partial charge in [-0.05, 0) is 72.1 Å². The van der Waals surface area contributed by atoms with Gasteiger partial charge in [0.2, 0.25) is 0 Å². The summed E-state index contributed by atoms with van der Waals surface area (Å²) in [6.07, 6.45) is 2.27. The van der Waals surface area contributed by atoms with E-state index in [1.165, 1.54) is 10.9 Å². The molecule has 0 saturated carbocycles. The molecule has 0 unspecified atom stereocenters. The van der Waals surface area contributed by atoms with Crippen molar-refractivity contribution in [3.63, 3.8) is 0 Å². The molecule has 2 saturated heterocycles. The van der Waals surface area contributed by atoms with E-state index in [9.17, 15) is 0 Å². The molecule has 1 aromatic heterocycles. The van der Waals surface area contributed by atoms with Crippen molar-refractivity contribution in [1.29, 1.82) is 0 Å². The fourth-order valence-electron chi connectivity index (χ4n) is 3.77. The third kappa shape index (κ3) is 3.17. The molecular weight excluding hydrogens is 348 g/mol. The molecule has 3 heterocycles. The monoisotopic (exact) mass is 377 g/mol. The Hall–Kier alpha value is -1.08. The summed E-state index contributed by atoms with van der Waals surface area (Å²) in [5.41, 5.74) is 2.72. The molecule has 1 aromatic carbocycles. The van der Waals surface area contributed by atoms with Crippen molar-refractivity contribution in [2.24, 2.45) is 0 Å². The van der Waals surface area contributed by atoms with Crippen LogP contribution in [0.1, 0.15) is 52.3 Å². The third-order valence-electron chi connectivity index (χ3n) is 6.09. The van der Waals surface area contributed by atoms with E-state index in [2.05, 4.69) is 62.8 Å². The smallest absolute Gasteiger partial charge is 0.399 e. The van der Waals surface area contributed by atoms with Gasteiger partial charge in [-0.25, -0.2) is 0 Å². The fraction of sp³-hybridized carbons (Fsp3) is 0.632. The van der Waals surface area contributed by atoms with Gasteiger partial charge in [0.05, 0.1) is 28.5 Å².